The normalized spacial score (nSPS) is 16.4. The van der Waals surface area contributed by atoms with Gasteiger partial charge in [0, 0.05) is 12.1 Å². The summed E-state index contributed by atoms with van der Waals surface area (Å²) in [5, 5.41) is 10.8. The van der Waals surface area contributed by atoms with Crippen molar-refractivity contribution in [1.29, 1.82) is 0 Å². The number of alkyl halides is 1. The average Bonchev–Trinajstić information content (AvgIpc) is 2.64. The van der Waals surface area contributed by atoms with E-state index in [1.807, 2.05) is 30.3 Å². The van der Waals surface area contributed by atoms with Gasteiger partial charge in [0.05, 0.1) is 9.75 Å². The van der Waals surface area contributed by atoms with Crippen molar-refractivity contribution in [2.24, 2.45) is 0 Å². The maximum atomic E-state index is 10.8. The summed E-state index contributed by atoms with van der Waals surface area (Å²) in [4.78, 5) is 10.6. The summed E-state index contributed by atoms with van der Waals surface area (Å²) < 4.78 is 0. The summed E-state index contributed by atoms with van der Waals surface area (Å²) in [6.07, 6.45) is 0. The first-order valence-electron chi connectivity index (χ1n) is 5.20. The summed E-state index contributed by atoms with van der Waals surface area (Å²) in [6, 6.07) is 13.0. The summed E-state index contributed by atoms with van der Waals surface area (Å²) in [5.41, 5.74) is 4.43. The fourth-order valence-corrected chi connectivity index (χ4v) is 3.04. The third-order valence-electron chi connectivity index (χ3n) is 3.04. The molecule has 0 spiro atoms. The van der Waals surface area contributed by atoms with E-state index in [-0.39, 0.29) is 15.4 Å². The molecule has 0 saturated heterocycles. The van der Waals surface area contributed by atoms with Crippen LogP contribution in [0.5, 0.6) is 0 Å². The summed E-state index contributed by atoms with van der Waals surface area (Å²) in [5.74, 6) is 0. The van der Waals surface area contributed by atoms with Gasteiger partial charge in [0.1, 0.15) is 0 Å². The van der Waals surface area contributed by atoms with Gasteiger partial charge in [0.2, 0.25) is 0 Å². The van der Waals surface area contributed by atoms with Crippen molar-refractivity contribution in [2.75, 3.05) is 0 Å². The van der Waals surface area contributed by atoms with Gasteiger partial charge in [0.25, 0.3) is 5.69 Å². The molecular weight excluding hydrogens is 282 g/mol. The third-order valence-corrected chi connectivity index (χ3v) is 4.03. The average molecular weight is 290 g/mol. The Morgan fingerprint density at radius 2 is 1.76 bits per heavy atom. The van der Waals surface area contributed by atoms with E-state index in [1.54, 1.807) is 12.1 Å². The summed E-state index contributed by atoms with van der Waals surface area (Å²) in [7, 11) is 0. The molecule has 0 N–H and O–H groups in total. The van der Waals surface area contributed by atoms with Gasteiger partial charge in [-0.05, 0) is 22.3 Å². The Labute approximate surface area is 106 Å². The molecule has 0 heterocycles. The highest BCUT2D eigenvalue weighted by molar-refractivity contribution is 9.09. The Hall–Kier alpha value is -1.68. The first kappa shape index (κ1) is 10.5. The van der Waals surface area contributed by atoms with E-state index in [0.29, 0.717) is 0 Å². The number of nitro benzene ring substituents is 1. The lowest BCUT2D eigenvalue weighted by molar-refractivity contribution is -0.384. The minimum atomic E-state index is -0.357. The zero-order chi connectivity index (χ0) is 12.0. The van der Waals surface area contributed by atoms with Gasteiger partial charge in [-0.25, -0.2) is 0 Å². The number of rotatable bonds is 1. The molecule has 0 bridgehead atoms. The van der Waals surface area contributed by atoms with E-state index >= 15 is 0 Å². The molecule has 4 heteroatoms. The van der Waals surface area contributed by atoms with Crippen LogP contribution in [0.1, 0.15) is 16.0 Å². The molecule has 0 saturated carbocycles. The molecule has 0 fully saturated rings. The zero-order valence-electron chi connectivity index (χ0n) is 8.76. The van der Waals surface area contributed by atoms with Crippen molar-refractivity contribution in [3.8, 4) is 11.1 Å². The number of hydrogen-bond donors (Lipinski definition) is 0. The lowest BCUT2D eigenvalue weighted by Gasteiger charge is -2.02. The molecule has 1 aliphatic rings. The lowest BCUT2D eigenvalue weighted by atomic mass is 10.1. The van der Waals surface area contributed by atoms with Crippen LogP contribution in [-0.2, 0) is 0 Å². The highest BCUT2D eigenvalue weighted by Gasteiger charge is 2.27. The Morgan fingerprint density at radius 1 is 1.06 bits per heavy atom. The van der Waals surface area contributed by atoms with Gasteiger partial charge >= 0.3 is 0 Å². The van der Waals surface area contributed by atoms with Crippen LogP contribution < -0.4 is 0 Å². The van der Waals surface area contributed by atoms with E-state index in [9.17, 15) is 10.1 Å². The smallest absolute Gasteiger partial charge is 0.258 e. The maximum absolute atomic E-state index is 10.8. The molecule has 0 radical (unpaired) electrons. The molecule has 84 valence electrons. The van der Waals surface area contributed by atoms with Gasteiger partial charge < -0.3 is 0 Å². The molecule has 1 aliphatic carbocycles. The number of nitrogens with zero attached hydrogens (tertiary/aromatic N) is 1. The zero-order valence-corrected chi connectivity index (χ0v) is 10.3. The Balaban J connectivity index is 2.27. The Morgan fingerprint density at radius 3 is 2.53 bits per heavy atom. The van der Waals surface area contributed by atoms with Crippen LogP contribution in [0.2, 0.25) is 0 Å². The standard InChI is InChI=1S/C13H8BrNO2/c14-13-10-4-2-1-3-9(10)12-7-8(15(16)17)5-6-11(12)13/h1-7,13H. The van der Waals surface area contributed by atoms with E-state index in [1.165, 1.54) is 5.56 Å². The van der Waals surface area contributed by atoms with Crippen molar-refractivity contribution in [3.05, 3.63) is 63.7 Å². The molecule has 0 aromatic heterocycles. The molecule has 2 aromatic rings. The van der Waals surface area contributed by atoms with Gasteiger partial charge in [-0.3, -0.25) is 10.1 Å². The monoisotopic (exact) mass is 289 g/mol. The minimum Gasteiger partial charge on any atom is -0.258 e. The maximum Gasteiger partial charge on any atom is 0.270 e. The number of halogens is 1. The van der Waals surface area contributed by atoms with Gasteiger partial charge in [0.15, 0.2) is 0 Å². The Bertz CT molecular complexity index is 625. The SMILES string of the molecule is O=[N+]([O-])c1ccc2c(c1)-c1ccccc1C2Br. The van der Waals surface area contributed by atoms with E-state index in [0.717, 1.165) is 16.7 Å². The topological polar surface area (TPSA) is 43.1 Å². The molecule has 17 heavy (non-hydrogen) atoms. The number of benzene rings is 2. The number of nitro groups is 1. The fraction of sp³-hybridized carbons (Fsp3) is 0.0769. The molecule has 2 aromatic carbocycles. The van der Waals surface area contributed by atoms with Crippen molar-refractivity contribution in [2.45, 2.75) is 4.83 Å². The highest BCUT2D eigenvalue weighted by Crippen LogP contribution is 2.48. The van der Waals surface area contributed by atoms with Crippen molar-refractivity contribution in [3.63, 3.8) is 0 Å². The molecular formula is C13H8BrNO2. The quantitative estimate of drug-likeness (QED) is 0.451. The predicted molar refractivity (Wildman–Crippen MR) is 69.3 cm³/mol. The van der Waals surface area contributed by atoms with Gasteiger partial charge in [-0.1, -0.05) is 46.3 Å². The largest absolute Gasteiger partial charge is 0.270 e. The van der Waals surface area contributed by atoms with Crippen molar-refractivity contribution >= 4 is 21.6 Å². The Kier molecular flexibility index (Phi) is 2.26. The second-order valence-corrected chi connectivity index (χ2v) is 4.89. The van der Waals surface area contributed by atoms with Gasteiger partial charge in [-0.2, -0.15) is 0 Å². The second-order valence-electron chi connectivity index (χ2n) is 3.98. The molecule has 3 nitrogen and oxygen atoms in total. The minimum absolute atomic E-state index is 0.134. The van der Waals surface area contributed by atoms with Crippen molar-refractivity contribution < 1.29 is 4.92 Å². The molecule has 1 unspecified atom stereocenters. The molecule has 1 atom stereocenters. The predicted octanol–water partition coefficient (Wildman–Crippen LogP) is 4.06. The van der Waals surface area contributed by atoms with Crippen LogP contribution in [0, 0.1) is 10.1 Å². The summed E-state index contributed by atoms with van der Waals surface area (Å²) in [6.45, 7) is 0. The van der Waals surface area contributed by atoms with Crippen LogP contribution in [0.15, 0.2) is 42.5 Å². The molecule has 0 amide bonds. The second kappa shape index (κ2) is 3.67. The van der Waals surface area contributed by atoms with Crippen LogP contribution >= 0.6 is 15.9 Å². The molecule has 3 rings (SSSR count). The summed E-state index contributed by atoms with van der Waals surface area (Å²) >= 11 is 3.63. The van der Waals surface area contributed by atoms with E-state index in [4.69, 9.17) is 0 Å². The van der Waals surface area contributed by atoms with Crippen LogP contribution in [-0.4, -0.2) is 4.92 Å². The lowest BCUT2D eigenvalue weighted by Crippen LogP contribution is -1.89. The van der Waals surface area contributed by atoms with E-state index in [2.05, 4.69) is 15.9 Å². The van der Waals surface area contributed by atoms with Crippen LogP contribution in [0.4, 0.5) is 5.69 Å². The van der Waals surface area contributed by atoms with E-state index < -0.39 is 0 Å². The first-order chi connectivity index (χ1) is 8.18. The third kappa shape index (κ3) is 1.48. The van der Waals surface area contributed by atoms with Gasteiger partial charge in [-0.15, -0.1) is 0 Å². The number of hydrogen-bond acceptors (Lipinski definition) is 2. The molecule has 0 aliphatic heterocycles. The highest BCUT2D eigenvalue weighted by atomic mass is 79.9. The van der Waals surface area contributed by atoms with Crippen molar-refractivity contribution in [1.82, 2.24) is 0 Å². The number of non-ortho nitro benzene ring substituents is 1. The number of fused-ring (bicyclic) bond motifs is 3. The first-order valence-corrected chi connectivity index (χ1v) is 6.12. The van der Waals surface area contributed by atoms with Crippen LogP contribution in [0.25, 0.3) is 11.1 Å². The fourth-order valence-electron chi connectivity index (χ4n) is 2.24. The van der Waals surface area contributed by atoms with Crippen LogP contribution in [0.3, 0.4) is 0 Å².